The number of esters is 1. The van der Waals surface area contributed by atoms with E-state index in [9.17, 15) is 9.90 Å². The molecule has 4 heteroatoms. The lowest BCUT2D eigenvalue weighted by atomic mass is 10.1. The molecule has 2 unspecified atom stereocenters. The summed E-state index contributed by atoms with van der Waals surface area (Å²) in [5.41, 5.74) is 0. The summed E-state index contributed by atoms with van der Waals surface area (Å²) in [5.74, 6) is 5.35. The molecule has 0 radical (unpaired) electrons. The van der Waals surface area contributed by atoms with Crippen LogP contribution in [0.15, 0.2) is 0 Å². The van der Waals surface area contributed by atoms with Gasteiger partial charge in [0.1, 0.15) is 12.2 Å². The van der Waals surface area contributed by atoms with Crippen LogP contribution >= 0.6 is 0 Å². The van der Waals surface area contributed by atoms with Crippen LogP contribution in [0.5, 0.6) is 0 Å². The fourth-order valence-electron chi connectivity index (χ4n) is 1.29. The second kappa shape index (κ2) is 10.1. The number of rotatable bonds is 7. The van der Waals surface area contributed by atoms with Crippen molar-refractivity contribution in [2.75, 3.05) is 13.7 Å². The highest BCUT2D eigenvalue weighted by Crippen LogP contribution is 2.04. The van der Waals surface area contributed by atoms with Gasteiger partial charge >= 0.3 is 5.97 Å². The van der Waals surface area contributed by atoms with Gasteiger partial charge in [-0.25, -0.2) is 0 Å². The van der Waals surface area contributed by atoms with Crippen LogP contribution in [0, 0.1) is 11.8 Å². The number of hydrogen-bond donors (Lipinski definition) is 1. The maximum atomic E-state index is 10.8. The number of methoxy groups -OCH3 is 1. The summed E-state index contributed by atoms with van der Waals surface area (Å²) in [7, 11) is 1.37. The highest BCUT2D eigenvalue weighted by Gasteiger charge is 2.03. The molecule has 1 N–H and O–H groups in total. The van der Waals surface area contributed by atoms with Crippen LogP contribution in [-0.4, -0.2) is 37.0 Å². The maximum absolute atomic E-state index is 10.8. The largest absolute Gasteiger partial charge is 0.469 e. The van der Waals surface area contributed by atoms with E-state index >= 15 is 0 Å². The summed E-state index contributed by atoms with van der Waals surface area (Å²) in [4.78, 5) is 10.8. The lowest BCUT2D eigenvalue weighted by Gasteiger charge is -2.05. The fraction of sp³-hybridized carbons (Fsp3) is 0.769. The van der Waals surface area contributed by atoms with Crippen molar-refractivity contribution in [1.29, 1.82) is 0 Å². The Bertz CT molecular complexity index is 264. The van der Waals surface area contributed by atoms with Gasteiger partial charge < -0.3 is 14.6 Å². The van der Waals surface area contributed by atoms with Gasteiger partial charge in [-0.2, -0.15) is 0 Å². The van der Waals surface area contributed by atoms with Gasteiger partial charge in [0.2, 0.25) is 0 Å². The van der Waals surface area contributed by atoms with Crippen molar-refractivity contribution in [3.05, 3.63) is 0 Å². The second-order valence-corrected chi connectivity index (χ2v) is 3.72. The van der Waals surface area contributed by atoms with E-state index in [-0.39, 0.29) is 12.1 Å². The van der Waals surface area contributed by atoms with Crippen LogP contribution in [0.25, 0.3) is 0 Å². The average Bonchev–Trinajstić information content (AvgIpc) is 2.32. The molecule has 0 aliphatic heterocycles. The fourth-order valence-corrected chi connectivity index (χ4v) is 1.29. The lowest BCUT2D eigenvalue weighted by molar-refractivity contribution is -0.140. The molecule has 0 amide bonds. The Kier molecular flexibility index (Phi) is 9.50. The van der Waals surface area contributed by atoms with Gasteiger partial charge in [-0.1, -0.05) is 11.8 Å². The number of ether oxygens (including phenoxy) is 2. The SMILES string of the molecule is CCOC(C)C#CC(O)CCCCC(=O)OC. The van der Waals surface area contributed by atoms with Gasteiger partial charge in [-0.15, -0.1) is 0 Å². The van der Waals surface area contributed by atoms with E-state index < -0.39 is 6.10 Å². The van der Waals surface area contributed by atoms with Gasteiger partial charge in [0.25, 0.3) is 0 Å². The zero-order chi connectivity index (χ0) is 13.1. The Hall–Kier alpha value is -1.05. The van der Waals surface area contributed by atoms with Gasteiger partial charge in [-0.3, -0.25) is 4.79 Å². The minimum atomic E-state index is -0.643. The molecule has 98 valence electrons. The molecule has 0 fully saturated rings. The third-order valence-electron chi connectivity index (χ3n) is 2.21. The number of hydrogen-bond acceptors (Lipinski definition) is 4. The molecule has 0 aromatic carbocycles. The number of unbranched alkanes of at least 4 members (excludes halogenated alkanes) is 1. The molecule has 0 aromatic heterocycles. The van der Waals surface area contributed by atoms with Crippen LogP contribution in [0.2, 0.25) is 0 Å². The number of carbonyl (C=O) groups is 1. The quantitative estimate of drug-likeness (QED) is 0.418. The molecule has 0 heterocycles. The van der Waals surface area contributed by atoms with Crippen molar-refractivity contribution in [3.8, 4) is 11.8 Å². The Morgan fingerprint density at radius 2 is 2.06 bits per heavy atom. The van der Waals surface area contributed by atoms with E-state index in [4.69, 9.17) is 4.74 Å². The van der Waals surface area contributed by atoms with E-state index in [1.807, 2.05) is 13.8 Å². The first kappa shape index (κ1) is 16.0. The van der Waals surface area contributed by atoms with Crippen molar-refractivity contribution >= 4 is 5.97 Å². The summed E-state index contributed by atoms with van der Waals surface area (Å²) in [5, 5.41) is 9.54. The maximum Gasteiger partial charge on any atom is 0.305 e. The van der Waals surface area contributed by atoms with Gasteiger partial charge in [0.15, 0.2) is 0 Å². The van der Waals surface area contributed by atoms with Crippen molar-refractivity contribution in [2.24, 2.45) is 0 Å². The smallest absolute Gasteiger partial charge is 0.305 e. The molecule has 0 aliphatic carbocycles. The Morgan fingerprint density at radius 3 is 2.65 bits per heavy atom. The molecule has 0 aromatic rings. The summed E-state index contributed by atoms with van der Waals surface area (Å²) in [6.07, 6.45) is 1.65. The van der Waals surface area contributed by atoms with E-state index in [1.54, 1.807) is 0 Å². The number of carbonyl (C=O) groups excluding carboxylic acids is 1. The van der Waals surface area contributed by atoms with Crippen LogP contribution < -0.4 is 0 Å². The Morgan fingerprint density at radius 1 is 1.35 bits per heavy atom. The molecule has 0 bridgehead atoms. The monoisotopic (exact) mass is 242 g/mol. The zero-order valence-electron chi connectivity index (χ0n) is 10.9. The summed E-state index contributed by atoms with van der Waals surface area (Å²) in [6.45, 7) is 4.37. The first-order valence-corrected chi connectivity index (χ1v) is 5.97. The van der Waals surface area contributed by atoms with Gasteiger partial charge in [-0.05, 0) is 33.1 Å². The normalized spacial score (nSPS) is 13.4. The van der Waals surface area contributed by atoms with Crippen molar-refractivity contribution < 1.29 is 19.4 Å². The predicted octanol–water partition coefficient (Wildman–Crippen LogP) is 1.51. The topological polar surface area (TPSA) is 55.8 Å². The Balaban J connectivity index is 3.65. The first-order chi connectivity index (χ1) is 8.10. The molecular weight excluding hydrogens is 220 g/mol. The van der Waals surface area contributed by atoms with Crippen LogP contribution in [0.3, 0.4) is 0 Å². The number of aliphatic hydroxyl groups is 1. The van der Waals surface area contributed by atoms with Crippen molar-refractivity contribution in [3.63, 3.8) is 0 Å². The molecule has 0 saturated carbocycles. The second-order valence-electron chi connectivity index (χ2n) is 3.72. The highest BCUT2D eigenvalue weighted by atomic mass is 16.5. The first-order valence-electron chi connectivity index (χ1n) is 5.97. The lowest BCUT2D eigenvalue weighted by Crippen LogP contribution is -2.08. The van der Waals surface area contributed by atoms with E-state index in [1.165, 1.54) is 7.11 Å². The van der Waals surface area contributed by atoms with Crippen molar-refractivity contribution in [2.45, 2.75) is 51.7 Å². The van der Waals surface area contributed by atoms with E-state index in [2.05, 4.69) is 16.6 Å². The van der Waals surface area contributed by atoms with Gasteiger partial charge in [0, 0.05) is 13.0 Å². The molecular formula is C13H22O4. The van der Waals surface area contributed by atoms with Crippen LogP contribution in [0.4, 0.5) is 0 Å². The minimum absolute atomic E-state index is 0.148. The molecule has 0 aliphatic rings. The van der Waals surface area contributed by atoms with Gasteiger partial charge in [0.05, 0.1) is 7.11 Å². The molecule has 0 saturated heterocycles. The third-order valence-corrected chi connectivity index (χ3v) is 2.21. The van der Waals surface area contributed by atoms with E-state index in [0.717, 1.165) is 6.42 Å². The average molecular weight is 242 g/mol. The summed E-state index contributed by atoms with van der Waals surface area (Å²) >= 11 is 0. The summed E-state index contributed by atoms with van der Waals surface area (Å²) in [6, 6.07) is 0. The molecule has 4 nitrogen and oxygen atoms in total. The van der Waals surface area contributed by atoms with E-state index in [0.29, 0.717) is 25.9 Å². The summed E-state index contributed by atoms with van der Waals surface area (Å²) < 4.78 is 9.74. The van der Waals surface area contributed by atoms with Crippen LogP contribution in [-0.2, 0) is 14.3 Å². The molecule has 0 rings (SSSR count). The Labute approximate surface area is 103 Å². The third kappa shape index (κ3) is 9.86. The molecule has 17 heavy (non-hydrogen) atoms. The minimum Gasteiger partial charge on any atom is -0.469 e. The van der Waals surface area contributed by atoms with Crippen molar-refractivity contribution in [1.82, 2.24) is 0 Å². The zero-order valence-corrected chi connectivity index (χ0v) is 10.9. The molecule has 0 spiro atoms. The molecule has 2 atom stereocenters. The standard InChI is InChI=1S/C13H22O4/c1-4-17-11(2)9-10-12(14)7-5-6-8-13(15)16-3/h11-12,14H,4-8H2,1-3H3. The number of aliphatic hydroxyl groups excluding tert-OH is 1. The predicted molar refractivity (Wildman–Crippen MR) is 65.4 cm³/mol. The highest BCUT2D eigenvalue weighted by molar-refractivity contribution is 5.68. The van der Waals surface area contributed by atoms with Crippen LogP contribution in [0.1, 0.15) is 39.5 Å².